The van der Waals surface area contributed by atoms with Gasteiger partial charge in [0.05, 0.1) is 0 Å². The molecule has 0 aromatic heterocycles. The maximum absolute atomic E-state index is 12.8. The smallest absolute Gasteiger partial charge is 0.193 e. The summed E-state index contributed by atoms with van der Waals surface area (Å²) in [6.07, 6.45) is 0. The maximum atomic E-state index is 12.8. The third-order valence-electron chi connectivity index (χ3n) is 4.03. The highest BCUT2D eigenvalue weighted by Gasteiger charge is 2.17. The zero-order chi connectivity index (χ0) is 15.0. The molecule has 0 aliphatic carbocycles. The molecular formula is C18H19BrO. The van der Waals surface area contributed by atoms with Crippen molar-refractivity contribution in [1.29, 1.82) is 0 Å². The molecule has 104 valence electrons. The normalized spacial score (nSPS) is 10.7. The van der Waals surface area contributed by atoms with Crippen LogP contribution in [0.2, 0.25) is 0 Å². The lowest BCUT2D eigenvalue weighted by Gasteiger charge is -2.14. The van der Waals surface area contributed by atoms with E-state index in [9.17, 15) is 4.79 Å². The number of carbonyl (C=O) groups is 1. The first-order valence-corrected chi connectivity index (χ1v) is 7.50. The van der Waals surface area contributed by atoms with Gasteiger partial charge >= 0.3 is 0 Å². The van der Waals surface area contributed by atoms with Crippen molar-refractivity contribution in [1.82, 2.24) is 0 Å². The van der Waals surface area contributed by atoms with Crippen LogP contribution in [0.15, 0.2) is 28.7 Å². The topological polar surface area (TPSA) is 17.1 Å². The van der Waals surface area contributed by atoms with E-state index >= 15 is 0 Å². The van der Waals surface area contributed by atoms with Crippen LogP contribution >= 0.6 is 15.9 Å². The molecule has 0 atom stereocenters. The summed E-state index contributed by atoms with van der Waals surface area (Å²) in [6.45, 7) is 10.2. The van der Waals surface area contributed by atoms with Crippen molar-refractivity contribution < 1.29 is 4.79 Å². The lowest BCUT2D eigenvalue weighted by Crippen LogP contribution is -2.09. The molecular weight excluding hydrogens is 312 g/mol. The summed E-state index contributed by atoms with van der Waals surface area (Å²) in [7, 11) is 0. The molecule has 2 aromatic carbocycles. The van der Waals surface area contributed by atoms with E-state index < -0.39 is 0 Å². The Morgan fingerprint density at radius 3 is 1.90 bits per heavy atom. The second kappa shape index (κ2) is 5.53. The zero-order valence-corrected chi connectivity index (χ0v) is 14.2. The minimum atomic E-state index is 0.104. The lowest BCUT2D eigenvalue weighted by molar-refractivity contribution is 0.103. The highest BCUT2D eigenvalue weighted by molar-refractivity contribution is 9.10. The minimum absolute atomic E-state index is 0.104. The SMILES string of the molecule is Cc1ccc(C(=O)c2c(C)c(C)cc(C)c2C)cc1Br. The number of ketones is 1. The minimum Gasteiger partial charge on any atom is -0.289 e. The van der Waals surface area contributed by atoms with Gasteiger partial charge in [0.25, 0.3) is 0 Å². The molecule has 0 saturated heterocycles. The molecule has 2 heteroatoms. The quantitative estimate of drug-likeness (QED) is 0.689. The third kappa shape index (κ3) is 2.57. The Bertz CT molecular complexity index is 673. The number of aryl methyl sites for hydroxylation is 3. The molecule has 0 spiro atoms. The fourth-order valence-electron chi connectivity index (χ4n) is 2.44. The molecule has 0 aliphatic rings. The highest BCUT2D eigenvalue weighted by Crippen LogP contribution is 2.26. The molecule has 0 bridgehead atoms. The summed E-state index contributed by atoms with van der Waals surface area (Å²) in [5.41, 5.74) is 7.21. The lowest BCUT2D eigenvalue weighted by atomic mass is 9.89. The Kier molecular flexibility index (Phi) is 4.14. The predicted octanol–water partition coefficient (Wildman–Crippen LogP) is 5.22. The molecule has 0 fully saturated rings. The molecule has 1 nitrogen and oxygen atoms in total. The second-order valence-electron chi connectivity index (χ2n) is 5.43. The first-order chi connectivity index (χ1) is 9.32. The molecule has 0 saturated carbocycles. The van der Waals surface area contributed by atoms with E-state index in [0.29, 0.717) is 0 Å². The van der Waals surface area contributed by atoms with Gasteiger partial charge < -0.3 is 0 Å². The average Bonchev–Trinajstić information content (AvgIpc) is 2.40. The van der Waals surface area contributed by atoms with Crippen LogP contribution < -0.4 is 0 Å². The van der Waals surface area contributed by atoms with E-state index in [1.54, 1.807) is 0 Å². The van der Waals surface area contributed by atoms with Crippen molar-refractivity contribution in [2.45, 2.75) is 34.6 Å². The van der Waals surface area contributed by atoms with Gasteiger partial charge in [-0.1, -0.05) is 34.1 Å². The van der Waals surface area contributed by atoms with E-state index in [1.807, 2.05) is 39.0 Å². The Morgan fingerprint density at radius 1 is 0.850 bits per heavy atom. The van der Waals surface area contributed by atoms with Gasteiger partial charge in [0.2, 0.25) is 0 Å². The Hall–Kier alpha value is -1.41. The maximum Gasteiger partial charge on any atom is 0.193 e. The summed E-state index contributed by atoms with van der Waals surface area (Å²) < 4.78 is 0.975. The third-order valence-corrected chi connectivity index (χ3v) is 4.88. The van der Waals surface area contributed by atoms with Crippen molar-refractivity contribution in [3.63, 3.8) is 0 Å². The summed E-state index contributed by atoms with van der Waals surface area (Å²) in [6, 6.07) is 7.93. The number of hydrogen-bond donors (Lipinski definition) is 0. The van der Waals surface area contributed by atoms with Gasteiger partial charge in [-0.25, -0.2) is 0 Å². The monoisotopic (exact) mass is 330 g/mol. The molecule has 2 rings (SSSR count). The first-order valence-electron chi connectivity index (χ1n) is 6.71. The van der Waals surface area contributed by atoms with Crippen LogP contribution in [0.4, 0.5) is 0 Å². The van der Waals surface area contributed by atoms with Crippen LogP contribution in [0.1, 0.15) is 43.7 Å². The van der Waals surface area contributed by atoms with Crippen LogP contribution in [-0.4, -0.2) is 5.78 Å². The molecule has 2 aromatic rings. The fourth-order valence-corrected chi connectivity index (χ4v) is 2.81. The van der Waals surface area contributed by atoms with Gasteiger partial charge in [0, 0.05) is 15.6 Å². The largest absolute Gasteiger partial charge is 0.289 e. The van der Waals surface area contributed by atoms with Crippen LogP contribution in [0.3, 0.4) is 0 Å². The van der Waals surface area contributed by atoms with Crippen molar-refractivity contribution in [2.24, 2.45) is 0 Å². The average molecular weight is 331 g/mol. The Labute approximate surface area is 129 Å². The van der Waals surface area contributed by atoms with Gasteiger partial charge in [-0.2, -0.15) is 0 Å². The summed E-state index contributed by atoms with van der Waals surface area (Å²) in [5.74, 6) is 0.104. The van der Waals surface area contributed by atoms with Gasteiger partial charge in [0.15, 0.2) is 5.78 Å². The van der Waals surface area contributed by atoms with Crippen LogP contribution in [0.5, 0.6) is 0 Å². The molecule has 0 amide bonds. The van der Waals surface area contributed by atoms with E-state index in [4.69, 9.17) is 0 Å². The van der Waals surface area contributed by atoms with Crippen LogP contribution in [0.25, 0.3) is 0 Å². The number of carbonyl (C=O) groups excluding carboxylic acids is 1. The second-order valence-corrected chi connectivity index (χ2v) is 6.28. The first kappa shape index (κ1) is 15.0. The van der Waals surface area contributed by atoms with Crippen LogP contribution in [0, 0.1) is 34.6 Å². The number of rotatable bonds is 2. The van der Waals surface area contributed by atoms with Gasteiger partial charge in [0.1, 0.15) is 0 Å². The van der Waals surface area contributed by atoms with Crippen molar-refractivity contribution in [2.75, 3.05) is 0 Å². The summed E-state index contributed by atoms with van der Waals surface area (Å²) in [5, 5.41) is 0. The molecule has 0 radical (unpaired) electrons. The number of hydrogen-bond acceptors (Lipinski definition) is 1. The molecule has 0 heterocycles. The van der Waals surface area contributed by atoms with Crippen molar-refractivity contribution in [3.8, 4) is 0 Å². The van der Waals surface area contributed by atoms with Crippen molar-refractivity contribution in [3.05, 3.63) is 67.7 Å². The zero-order valence-electron chi connectivity index (χ0n) is 12.6. The fraction of sp³-hybridized carbons (Fsp3) is 0.278. The summed E-state index contributed by atoms with van der Waals surface area (Å²) >= 11 is 3.50. The van der Waals surface area contributed by atoms with Crippen LogP contribution in [-0.2, 0) is 0 Å². The Morgan fingerprint density at radius 2 is 1.40 bits per heavy atom. The molecule has 0 aliphatic heterocycles. The molecule has 0 N–H and O–H groups in total. The van der Waals surface area contributed by atoms with Crippen molar-refractivity contribution >= 4 is 21.7 Å². The molecule has 20 heavy (non-hydrogen) atoms. The van der Waals surface area contributed by atoms with E-state index in [0.717, 1.165) is 32.3 Å². The standard InChI is InChI=1S/C18H19BrO/c1-10-6-7-15(9-16(10)19)18(20)17-13(4)11(2)8-12(3)14(17)5/h6-9H,1-5H3. The van der Waals surface area contributed by atoms with E-state index in [2.05, 4.69) is 35.8 Å². The van der Waals surface area contributed by atoms with E-state index in [1.165, 1.54) is 11.1 Å². The van der Waals surface area contributed by atoms with E-state index in [-0.39, 0.29) is 5.78 Å². The predicted molar refractivity (Wildman–Crippen MR) is 87.7 cm³/mol. The Balaban J connectivity index is 2.62. The van der Waals surface area contributed by atoms with Gasteiger partial charge in [-0.15, -0.1) is 0 Å². The van der Waals surface area contributed by atoms with Gasteiger partial charge in [-0.05, 0) is 68.5 Å². The summed E-state index contributed by atoms with van der Waals surface area (Å²) in [4.78, 5) is 12.8. The molecule has 0 unspecified atom stereocenters. The number of benzene rings is 2. The highest BCUT2D eigenvalue weighted by atomic mass is 79.9. The van der Waals surface area contributed by atoms with Gasteiger partial charge in [-0.3, -0.25) is 4.79 Å². The number of halogens is 1.